The minimum atomic E-state index is -2.38. The predicted octanol–water partition coefficient (Wildman–Crippen LogP) is 5.44. The number of nitrogens with zero attached hydrogens (tertiary/aromatic N) is 1. The third-order valence-electron chi connectivity index (χ3n) is 5.22. The quantitative estimate of drug-likeness (QED) is 0.0825. The molecule has 14 heteroatoms. The summed E-state index contributed by atoms with van der Waals surface area (Å²) in [4.78, 5) is 38.5. The summed E-state index contributed by atoms with van der Waals surface area (Å²) in [6, 6.07) is -1.19. The Morgan fingerprint density at radius 2 is 1.07 bits per heavy atom. The highest BCUT2D eigenvalue weighted by atomic mass is 19.2. The number of rotatable bonds is 12. The van der Waals surface area contributed by atoms with E-state index in [1.807, 2.05) is 0 Å². The molecule has 0 saturated carbocycles. The van der Waals surface area contributed by atoms with Gasteiger partial charge in [-0.05, 0) is 60.3 Å². The van der Waals surface area contributed by atoms with Crippen molar-refractivity contribution >= 4 is 18.2 Å². The Morgan fingerprint density at radius 1 is 0.707 bits per heavy atom. The number of halogens is 5. The van der Waals surface area contributed by atoms with E-state index in [2.05, 4.69) is 10.6 Å². The summed E-state index contributed by atoms with van der Waals surface area (Å²) >= 11 is 0. The maximum absolute atomic E-state index is 14.2. The number of esters is 1. The van der Waals surface area contributed by atoms with Crippen molar-refractivity contribution in [1.82, 2.24) is 15.5 Å². The van der Waals surface area contributed by atoms with Crippen LogP contribution < -0.4 is 15.4 Å². The highest BCUT2D eigenvalue weighted by molar-refractivity contribution is 5.78. The lowest BCUT2D eigenvalue weighted by Crippen LogP contribution is -2.48. The van der Waals surface area contributed by atoms with Gasteiger partial charge in [0, 0.05) is 26.2 Å². The SMILES string of the molecule is CC(C)[C@@H](C(=O)Oc1c(F)c(F)c(F)c(F)c1F)N(CCCNC(=O)OC(C)(C)C)CCCNC(=O)OC(C)(C)C. The molecule has 0 bridgehead atoms. The van der Waals surface area contributed by atoms with Crippen molar-refractivity contribution in [2.75, 3.05) is 26.2 Å². The number of carbonyl (C=O) groups excluding carboxylic acids is 3. The normalized spacial score (nSPS) is 12.8. The minimum absolute atomic E-state index is 0.138. The van der Waals surface area contributed by atoms with Crippen LogP contribution in [0.15, 0.2) is 0 Å². The fourth-order valence-corrected chi connectivity index (χ4v) is 3.64. The summed E-state index contributed by atoms with van der Waals surface area (Å²) in [6.45, 7) is 14.0. The van der Waals surface area contributed by atoms with Crippen molar-refractivity contribution in [2.45, 2.75) is 85.5 Å². The average molecular weight is 598 g/mol. The second-order valence-corrected chi connectivity index (χ2v) is 11.6. The van der Waals surface area contributed by atoms with E-state index in [0.29, 0.717) is 0 Å². The van der Waals surface area contributed by atoms with Gasteiger partial charge in [0.1, 0.15) is 17.2 Å². The first kappa shape index (κ1) is 35.9. The Bertz CT molecular complexity index is 1010. The fourth-order valence-electron chi connectivity index (χ4n) is 3.64. The molecule has 0 spiro atoms. The third kappa shape index (κ3) is 12.1. The van der Waals surface area contributed by atoms with Crippen LogP contribution in [0.4, 0.5) is 31.5 Å². The van der Waals surface area contributed by atoms with E-state index in [4.69, 9.17) is 14.2 Å². The maximum atomic E-state index is 14.2. The van der Waals surface area contributed by atoms with Crippen LogP contribution in [0.1, 0.15) is 68.2 Å². The standard InChI is InChI=1S/C27H40F5N3O6/c1-15(2)21(23(36)39-22-19(31)17(29)16(28)18(30)20(22)32)35(13-9-11-33-24(37)40-26(3,4)5)14-10-12-34-25(38)41-27(6,7)8/h15,21H,9-14H2,1-8H3,(H,33,37)(H,34,38)/t21-/m0/s1. The van der Waals surface area contributed by atoms with E-state index in [0.717, 1.165) is 0 Å². The van der Waals surface area contributed by atoms with Crippen LogP contribution in [0.5, 0.6) is 5.75 Å². The highest BCUT2D eigenvalue weighted by Crippen LogP contribution is 2.30. The number of hydrogen-bond acceptors (Lipinski definition) is 7. The number of hydrogen-bond donors (Lipinski definition) is 2. The molecule has 0 aliphatic rings. The van der Waals surface area contributed by atoms with Crippen LogP contribution in [0.3, 0.4) is 0 Å². The molecular formula is C27H40F5N3O6. The molecule has 2 N–H and O–H groups in total. The van der Waals surface area contributed by atoms with Crippen LogP contribution in [0.2, 0.25) is 0 Å². The first-order chi connectivity index (χ1) is 18.7. The summed E-state index contributed by atoms with van der Waals surface area (Å²) in [5.41, 5.74) is -1.43. The van der Waals surface area contributed by atoms with Gasteiger partial charge in [-0.1, -0.05) is 13.8 Å². The van der Waals surface area contributed by atoms with Crippen molar-refractivity contribution in [1.29, 1.82) is 0 Å². The molecule has 0 aliphatic heterocycles. The van der Waals surface area contributed by atoms with Crippen LogP contribution in [0.25, 0.3) is 0 Å². The summed E-state index contributed by atoms with van der Waals surface area (Å²) in [5, 5.41) is 5.15. The second-order valence-electron chi connectivity index (χ2n) is 11.6. The molecule has 2 amide bonds. The van der Waals surface area contributed by atoms with Crippen molar-refractivity contribution in [3.05, 3.63) is 29.1 Å². The predicted molar refractivity (Wildman–Crippen MR) is 140 cm³/mol. The van der Waals surface area contributed by atoms with Crippen LogP contribution >= 0.6 is 0 Å². The first-order valence-electron chi connectivity index (χ1n) is 13.2. The van der Waals surface area contributed by atoms with Crippen molar-refractivity contribution in [3.63, 3.8) is 0 Å². The van der Waals surface area contributed by atoms with Gasteiger partial charge in [-0.3, -0.25) is 4.90 Å². The van der Waals surface area contributed by atoms with Gasteiger partial charge in [0.2, 0.25) is 34.8 Å². The number of carbonyl (C=O) groups is 3. The van der Waals surface area contributed by atoms with Crippen LogP contribution in [-0.2, 0) is 14.3 Å². The molecule has 0 heterocycles. The van der Waals surface area contributed by atoms with E-state index < -0.39 is 76.2 Å². The van der Waals surface area contributed by atoms with Crippen molar-refractivity contribution in [3.8, 4) is 5.75 Å². The molecule has 0 radical (unpaired) electrons. The lowest BCUT2D eigenvalue weighted by molar-refractivity contribution is -0.142. The molecule has 0 aromatic heterocycles. The van der Waals surface area contributed by atoms with E-state index >= 15 is 0 Å². The smallest absolute Gasteiger partial charge is 0.407 e. The summed E-state index contributed by atoms with van der Waals surface area (Å²) in [6.07, 6.45) is -0.733. The lowest BCUT2D eigenvalue weighted by Gasteiger charge is -2.33. The van der Waals surface area contributed by atoms with E-state index in [1.54, 1.807) is 60.3 Å². The first-order valence-corrected chi connectivity index (χ1v) is 13.2. The number of amides is 2. The zero-order valence-electron chi connectivity index (χ0n) is 24.7. The largest absolute Gasteiger partial charge is 0.444 e. The molecule has 0 unspecified atom stereocenters. The van der Waals surface area contributed by atoms with Gasteiger partial charge in [0.25, 0.3) is 0 Å². The molecular weight excluding hydrogens is 557 g/mol. The van der Waals surface area contributed by atoms with Crippen molar-refractivity contribution in [2.24, 2.45) is 5.92 Å². The molecule has 1 aromatic carbocycles. The Kier molecular flexibility index (Phi) is 13.3. The maximum Gasteiger partial charge on any atom is 0.407 e. The number of nitrogens with one attached hydrogen (secondary N) is 2. The second kappa shape index (κ2) is 15.2. The Morgan fingerprint density at radius 3 is 1.41 bits per heavy atom. The minimum Gasteiger partial charge on any atom is -0.444 e. The van der Waals surface area contributed by atoms with E-state index in [-0.39, 0.29) is 39.0 Å². The molecule has 0 aliphatic carbocycles. The monoisotopic (exact) mass is 597 g/mol. The van der Waals surface area contributed by atoms with Gasteiger partial charge < -0.3 is 24.8 Å². The number of benzene rings is 1. The molecule has 41 heavy (non-hydrogen) atoms. The molecule has 234 valence electrons. The summed E-state index contributed by atoms with van der Waals surface area (Å²) < 4.78 is 84.2. The Labute approximate surface area is 237 Å². The zero-order chi connectivity index (χ0) is 31.7. The molecule has 9 nitrogen and oxygen atoms in total. The molecule has 0 saturated heterocycles. The number of ether oxygens (including phenoxy) is 3. The fraction of sp³-hybridized carbons (Fsp3) is 0.667. The van der Waals surface area contributed by atoms with Gasteiger partial charge >= 0.3 is 18.2 Å². The number of alkyl carbamates (subject to hydrolysis) is 2. The molecule has 1 atom stereocenters. The third-order valence-corrected chi connectivity index (χ3v) is 5.22. The van der Waals surface area contributed by atoms with Crippen LogP contribution in [-0.4, -0.2) is 66.5 Å². The van der Waals surface area contributed by atoms with Gasteiger partial charge in [-0.2, -0.15) is 8.78 Å². The van der Waals surface area contributed by atoms with Gasteiger partial charge in [0.05, 0.1) is 0 Å². The molecule has 1 rings (SSSR count). The van der Waals surface area contributed by atoms with Gasteiger partial charge in [-0.15, -0.1) is 0 Å². The average Bonchev–Trinajstić information content (AvgIpc) is 2.81. The van der Waals surface area contributed by atoms with Crippen LogP contribution in [0, 0.1) is 35.0 Å². The zero-order valence-corrected chi connectivity index (χ0v) is 24.7. The summed E-state index contributed by atoms with van der Waals surface area (Å²) in [5.74, 6) is -14.9. The highest BCUT2D eigenvalue weighted by Gasteiger charge is 2.34. The molecule has 0 fully saturated rings. The van der Waals surface area contributed by atoms with Gasteiger partial charge in [-0.25, -0.2) is 27.6 Å². The van der Waals surface area contributed by atoms with E-state index in [9.17, 15) is 36.3 Å². The topological polar surface area (TPSA) is 106 Å². The molecule has 1 aromatic rings. The Hall–Kier alpha value is -3.16. The van der Waals surface area contributed by atoms with E-state index in [1.165, 1.54) is 0 Å². The van der Waals surface area contributed by atoms with Gasteiger partial charge in [0.15, 0.2) is 0 Å². The van der Waals surface area contributed by atoms with Crippen molar-refractivity contribution < 1.29 is 50.5 Å². The Balaban J connectivity index is 3.06. The summed E-state index contributed by atoms with van der Waals surface area (Å²) in [7, 11) is 0. The lowest BCUT2D eigenvalue weighted by atomic mass is 10.0.